The number of benzene rings is 1. The molecule has 0 aliphatic heterocycles. The average Bonchev–Trinajstić information content (AvgIpc) is 2.85. The minimum absolute atomic E-state index is 0.556. The van der Waals surface area contributed by atoms with Crippen molar-refractivity contribution in [3.63, 3.8) is 0 Å². The number of hydrogen-bond donors (Lipinski definition) is 1. The molecule has 1 fully saturated rings. The van der Waals surface area contributed by atoms with E-state index in [-0.39, 0.29) is 0 Å². The van der Waals surface area contributed by atoms with Crippen molar-refractivity contribution in [2.75, 3.05) is 11.0 Å². The van der Waals surface area contributed by atoms with Crippen LogP contribution in [-0.2, 0) is 10.0 Å². The lowest BCUT2D eigenvalue weighted by Gasteiger charge is -2.08. The smallest absolute Gasteiger partial charge is 0.229 e. The molecule has 1 N–H and O–H groups in total. The third-order valence-electron chi connectivity index (χ3n) is 2.27. The molecule has 1 saturated carbocycles. The fraction of sp³-hybridized carbons (Fsp3) is 0.400. The van der Waals surface area contributed by atoms with E-state index in [0.29, 0.717) is 5.92 Å². The first-order chi connectivity index (χ1) is 6.56. The van der Waals surface area contributed by atoms with Gasteiger partial charge in [0.15, 0.2) is 0 Å². The third-order valence-corrected chi connectivity index (χ3v) is 2.86. The lowest BCUT2D eigenvalue weighted by atomic mass is 10.1. The summed E-state index contributed by atoms with van der Waals surface area (Å²) in [4.78, 5) is 0. The lowest BCUT2D eigenvalue weighted by Crippen LogP contribution is -2.10. The Morgan fingerprint density at radius 3 is 2.50 bits per heavy atom. The Kier molecular flexibility index (Phi) is 2.23. The number of anilines is 1. The van der Waals surface area contributed by atoms with Crippen LogP contribution in [0.1, 0.15) is 24.3 Å². The summed E-state index contributed by atoms with van der Waals surface area (Å²) in [6.45, 7) is 0. The minimum atomic E-state index is -3.16. The number of para-hydroxylation sites is 1. The largest absolute Gasteiger partial charge is 0.283 e. The highest BCUT2D eigenvalue weighted by atomic mass is 32.2. The summed E-state index contributed by atoms with van der Waals surface area (Å²) in [5.74, 6) is 0.556. The summed E-state index contributed by atoms with van der Waals surface area (Å²) in [7, 11) is -3.16. The zero-order valence-corrected chi connectivity index (χ0v) is 8.84. The molecule has 1 aliphatic rings. The van der Waals surface area contributed by atoms with Gasteiger partial charge in [0, 0.05) is 0 Å². The molecule has 0 aromatic heterocycles. The molecule has 0 unspecified atom stereocenters. The molecule has 4 heteroatoms. The van der Waals surface area contributed by atoms with Crippen molar-refractivity contribution < 1.29 is 8.42 Å². The predicted molar refractivity (Wildman–Crippen MR) is 56.9 cm³/mol. The minimum Gasteiger partial charge on any atom is -0.283 e. The summed E-state index contributed by atoms with van der Waals surface area (Å²) in [6.07, 6.45) is 3.52. The second kappa shape index (κ2) is 3.28. The fourth-order valence-electron chi connectivity index (χ4n) is 1.54. The van der Waals surface area contributed by atoms with Crippen molar-refractivity contribution in [2.24, 2.45) is 0 Å². The van der Waals surface area contributed by atoms with Crippen molar-refractivity contribution in [3.05, 3.63) is 29.8 Å². The van der Waals surface area contributed by atoms with Gasteiger partial charge in [-0.25, -0.2) is 8.42 Å². The molecule has 0 amide bonds. The van der Waals surface area contributed by atoms with Gasteiger partial charge in [-0.05, 0) is 30.4 Å². The third kappa shape index (κ3) is 2.26. The molecule has 1 aliphatic carbocycles. The highest BCUT2D eigenvalue weighted by Crippen LogP contribution is 2.43. The van der Waals surface area contributed by atoms with E-state index in [9.17, 15) is 8.42 Å². The molecule has 0 saturated heterocycles. The summed E-state index contributed by atoms with van der Waals surface area (Å²) >= 11 is 0. The van der Waals surface area contributed by atoms with Crippen LogP contribution in [0.2, 0.25) is 0 Å². The topological polar surface area (TPSA) is 46.2 Å². The van der Waals surface area contributed by atoms with E-state index < -0.39 is 10.0 Å². The quantitative estimate of drug-likeness (QED) is 0.830. The number of sulfonamides is 1. The Labute approximate surface area is 84.2 Å². The van der Waals surface area contributed by atoms with Crippen LogP contribution in [-0.4, -0.2) is 14.7 Å². The number of nitrogens with one attached hydrogen (secondary N) is 1. The van der Waals surface area contributed by atoms with Crippen LogP contribution in [0.25, 0.3) is 0 Å². The zero-order chi connectivity index (χ0) is 10.2. The van der Waals surface area contributed by atoms with Gasteiger partial charge in [0.1, 0.15) is 0 Å². The monoisotopic (exact) mass is 211 g/mol. The maximum atomic E-state index is 11.1. The van der Waals surface area contributed by atoms with E-state index in [0.717, 1.165) is 11.3 Å². The average molecular weight is 211 g/mol. The van der Waals surface area contributed by atoms with Crippen molar-refractivity contribution in [2.45, 2.75) is 18.8 Å². The van der Waals surface area contributed by atoms with Gasteiger partial charge in [0.2, 0.25) is 10.0 Å². The molecule has 0 atom stereocenters. The zero-order valence-electron chi connectivity index (χ0n) is 8.03. The maximum Gasteiger partial charge on any atom is 0.229 e. The van der Waals surface area contributed by atoms with E-state index in [2.05, 4.69) is 4.72 Å². The lowest BCUT2D eigenvalue weighted by molar-refractivity contribution is 0.606. The van der Waals surface area contributed by atoms with Gasteiger partial charge in [-0.1, -0.05) is 18.2 Å². The molecule has 2 rings (SSSR count). The SMILES string of the molecule is CS(=O)(=O)Nc1ccccc1C1CC1. The fourth-order valence-corrected chi connectivity index (χ4v) is 2.13. The van der Waals surface area contributed by atoms with Crippen molar-refractivity contribution in [1.29, 1.82) is 0 Å². The van der Waals surface area contributed by atoms with Crippen LogP contribution in [0, 0.1) is 0 Å². The summed E-state index contributed by atoms with van der Waals surface area (Å²) < 4.78 is 24.7. The van der Waals surface area contributed by atoms with Crippen LogP contribution < -0.4 is 4.72 Å². The van der Waals surface area contributed by atoms with Gasteiger partial charge in [-0.2, -0.15) is 0 Å². The molecule has 0 spiro atoms. The van der Waals surface area contributed by atoms with E-state index in [4.69, 9.17) is 0 Å². The predicted octanol–water partition coefficient (Wildman–Crippen LogP) is 1.94. The van der Waals surface area contributed by atoms with Gasteiger partial charge in [-0.3, -0.25) is 4.72 Å². The van der Waals surface area contributed by atoms with Gasteiger partial charge in [0.25, 0.3) is 0 Å². The van der Waals surface area contributed by atoms with Crippen molar-refractivity contribution in [1.82, 2.24) is 0 Å². The first kappa shape index (κ1) is 9.52. The highest BCUT2D eigenvalue weighted by molar-refractivity contribution is 7.92. The van der Waals surface area contributed by atoms with E-state index in [1.807, 2.05) is 24.3 Å². The van der Waals surface area contributed by atoms with E-state index in [1.54, 1.807) is 0 Å². The number of hydrogen-bond acceptors (Lipinski definition) is 2. The maximum absolute atomic E-state index is 11.1. The normalized spacial score (nSPS) is 16.6. The molecule has 76 valence electrons. The Morgan fingerprint density at radius 1 is 1.29 bits per heavy atom. The first-order valence-electron chi connectivity index (χ1n) is 4.63. The summed E-state index contributed by atoms with van der Waals surface area (Å²) in [6, 6.07) is 7.60. The standard InChI is InChI=1S/C10H13NO2S/c1-14(12,13)11-10-5-3-2-4-9(10)8-6-7-8/h2-5,8,11H,6-7H2,1H3. The van der Waals surface area contributed by atoms with Crippen LogP contribution in [0.15, 0.2) is 24.3 Å². The number of rotatable bonds is 3. The van der Waals surface area contributed by atoms with Crippen molar-refractivity contribution >= 4 is 15.7 Å². The van der Waals surface area contributed by atoms with Gasteiger partial charge in [0.05, 0.1) is 11.9 Å². The summed E-state index contributed by atoms with van der Waals surface area (Å²) in [5.41, 5.74) is 1.86. The molecule has 1 aromatic rings. The van der Waals surface area contributed by atoms with Crippen LogP contribution in [0.5, 0.6) is 0 Å². The Bertz CT molecular complexity index is 435. The van der Waals surface area contributed by atoms with E-state index in [1.165, 1.54) is 19.1 Å². The van der Waals surface area contributed by atoms with Crippen LogP contribution in [0.4, 0.5) is 5.69 Å². The highest BCUT2D eigenvalue weighted by Gasteiger charge is 2.26. The molecule has 1 aromatic carbocycles. The van der Waals surface area contributed by atoms with Crippen molar-refractivity contribution in [3.8, 4) is 0 Å². The summed E-state index contributed by atoms with van der Waals surface area (Å²) in [5, 5.41) is 0. The van der Waals surface area contributed by atoms with Gasteiger partial charge < -0.3 is 0 Å². The molecular formula is C10H13NO2S. The molecule has 0 radical (unpaired) electrons. The Balaban J connectivity index is 2.32. The van der Waals surface area contributed by atoms with Crippen LogP contribution in [0.3, 0.4) is 0 Å². The molecule has 14 heavy (non-hydrogen) atoms. The second-order valence-electron chi connectivity index (χ2n) is 3.74. The van der Waals surface area contributed by atoms with Gasteiger partial charge >= 0.3 is 0 Å². The molecule has 0 bridgehead atoms. The van der Waals surface area contributed by atoms with Crippen LogP contribution >= 0.6 is 0 Å². The second-order valence-corrected chi connectivity index (χ2v) is 5.48. The molecule has 0 heterocycles. The Hall–Kier alpha value is -1.03. The molecule has 3 nitrogen and oxygen atoms in total. The molecular weight excluding hydrogens is 198 g/mol. The Morgan fingerprint density at radius 2 is 1.93 bits per heavy atom. The van der Waals surface area contributed by atoms with E-state index >= 15 is 0 Å². The first-order valence-corrected chi connectivity index (χ1v) is 6.52. The van der Waals surface area contributed by atoms with Gasteiger partial charge in [-0.15, -0.1) is 0 Å².